The Morgan fingerprint density at radius 1 is 1.12 bits per heavy atom. The summed E-state index contributed by atoms with van der Waals surface area (Å²) < 4.78 is 5.85. The molecular weight excluding hydrogens is 428 g/mol. The summed E-state index contributed by atoms with van der Waals surface area (Å²) in [4.78, 5) is 33.3. The smallest absolute Gasteiger partial charge is 0.226 e. The van der Waals surface area contributed by atoms with Crippen molar-refractivity contribution in [1.29, 1.82) is 0 Å². The first-order valence-electron chi connectivity index (χ1n) is 11.8. The van der Waals surface area contributed by atoms with Crippen LogP contribution in [0, 0.1) is 6.92 Å². The Balaban J connectivity index is 1.33. The van der Waals surface area contributed by atoms with E-state index in [1.807, 2.05) is 43.3 Å². The van der Waals surface area contributed by atoms with Gasteiger partial charge in [-0.2, -0.15) is 0 Å². The van der Waals surface area contributed by atoms with Crippen molar-refractivity contribution >= 4 is 17.5 Å². The number of rotatable bonds is 9. The topological polar surface area (TPSA) is 97.1 Å². The molecule has 1 aliphatic rings. The number of benzene rings is 1. The molecule has 7 nitrogen and oxygen atoms in total. The van der Waals surface area contributed by atoms with Crippen LogP contribution < -0.4 is 10.6 Å². The molecule has 176 valence electrons. The van der Waals surface area contributed by atoms with Gasteiger partial charge in [0.05, 0.1) is 6.54 Å². The van der Waals surface area contributed by atoms with Crippen LogP contribution in [0.2, 0.25) is 0 Å². The van der Waals surface area contributed by atoms with Gasteiger partial charge in [0, 0.05) is 36.5 Å². The Morgan fingerprint density at radius 2 is 2.03 bits per heavy atom. The van der Waals surface area contributed by atoms with Crippen molar-refractivity contribution in [3.63, 3.8) is 0 Å². The molecule has 0 bridgehead atoms. The largest absolute Gasteiger partial charge is 0.441 e. The van der Waals surface area contributed by atoms with E-state index < -0.39 is 0 Å². The number of oxazole rings is 1. The maximum Gasteiger partial charge on any atom is 0.226 e. The van der Waals surface area contributed by atoms with E-state index in [1.54, 1.807) is 12.4 Å². The van der Waals surface area contributed by atoms with Gasteiger partial charge in [0.1, 0.15) is 11.5 Å². The molecule has 7 heteroatoms. The second-order valence-electron chi connectivity index (χ2n) is 8.57. The zero-order valence-electron chi connectivity index (χ0n) is 19.5. The quantitative estimate of drug-likeness (QED) is 0.434. The van der Waals surface area contributed by atoms with E-state index in [-0.39, 0.29) is 11.8 Å². The molecule has 2 heterocycles. The standard InChI is InChI=1S/C27H30N4O3/c1-19-24(18-29-26(33)15-20-7-3-2-4-8-20)31-27(34-19)22-10-5-11-23(16-22)30-25(32)13-12-21-9-6-14-28-17-21/h5-7,9-11,14,16-17H,2-4,8,12-13,15,18H2,1H3,(H,29,33)(H,30,32). The summed E-state index contributed by atoms with van der Waals surface area (Å²) in [6, 6.07) is 11.2. The van der Waals surface area contributed by atoms with E-state index in [2.05, 4.69) is 26.7 Å². The van der Waals surface area contributed by atoms with Crippen LogP contribution in [0.3, 0.4) is 0 Å². The van der Waals surface area contributed by atoms with Crippen LogP contribution in [0.15, 0.2) is 64.9 Å². The highest BCUT2D eigenvalue weighted by Gasteiger charge is 2.14. The number of carbonyl (C=O) groups excluding carboxylic acids is 2. The van der Waals surface area contributed by atoms with Gasteiger partial charge in [0.2, 0.25) is 17.7 Å². The number of carbonyl (C=O) groups is 2. The fraction of sp³-hybridized carbons (Fsp3) is 0.333. The molecule has 0 unspecified atom stereocenters. The monoisotopic (exact) mass is 458 g/mol. The summed E-state index contributed by atoms with van der Waals surface area (Å²) in [5.74, 6) is 1.07. The SMILES string of the molecule is Cc1oc(-c2cccc(NC(=O)CCc3cccnc3)c2)nc1CNC(=O)CC1=CCCCC1. The first-order valence-corrected chi connectivity index (χ1v) is 11.8. The minimum atomic E-state index is -0.0685. The lowest BCUT2D eigenvalue weighted by molar-refractivity contribution is -0.120. The number of aromatic nitrogens is 2. The van der Waals surface area contributed by atoms with Crippen LogP contribution >= 0.6 is 0 Å². The van der Waals surface area contributed by atoms with Crippen LogP contribution in [0.4, 0.5) is 5.69 Å². The number of nitrogens with zero attached hydrogens (tertiary/aromatic N) is 2. The van der Waals surface area contributed by atoms with Gasteiger partial charge in [0.15, 0.2) is 0 Å². The summed E-state index contributed by atoms with van der Waals surface area (Å²) in [5.41, 5.74) is 4.39. The minimum absolute atomic E-state index is 0.00749. The molecule has 2 amide bonds. The number of hydrogen-bond acceptors (Lipinski definition) is 5. The summed E-state index contributed by atoms with van der Waals surface area (Å²) in [5, 5.41) is 5.88. The lowest BCUT2D eigenvalue weighted by atomic mass is 9.97. The average molecular weight is 459 g/mol. The molecular formula is C27H30N4O3. The van der Waals surface area contributed by atoms with Gasteiger partial charge in [-0.05, 0) is 68.9 Å². The molecule has 0 fully saturated rings. The van der Waals surface area contributed by atoms with E-state index in [9.17, 15) is 9.59 Å². The summed E-state index contributed by atoms with van der Waals surface area (Å²) in [6.07, 6.45) is 11.6. The summed E-state index contributed by atoms with van der Waals surface area (Å²) in [7, 11) is 0. The molecule has 0 saturated heterocycles. The molecule has 2 N–H and O–H groups in total. The second-order valence-corrected chi connectivity index (χ2v) is 8.57. The fourth-order valence-electron chi connectivity index (χ4n) is 3.99. The normalized spacial score (nSPS) is 13.3. The van der Waals surface area contributed by atoms with E-state index in [0.29, 0.717) is 48.8 Å². The molecule has 0 aliphatic heterocycles. The van der Waals surface area contributed by atoms with Crippen molar-refractivity contribution in [3.8, 4) is 11.5 Å². The third-order valence-corrected chi connectivity index (χ3v) is 5.88. The number of anilines is 1. The molecule has 0 atom stereocenters. The number of amides is 2. The average Bonchev–Trinajstić information content (AvgIpc) is 3.23. The van der Waals surface area contributed by atoms with Crippen molar-refractivity contribution in [1.82, 2.24) is 15.3 Å². The molecule has 0 spiro atoms. The Hall–Kier alpha value is -3.74. The van der Waals surface area contributed by atoms with E-state index >= 15 is 0 Å². The molecule has 0 saturated carbocycles. The first-order chi connectivity index (χ1) is 16.6. The Labute approximate surface area is 199 Å². The van der Waals surface area contributed by atoms with Crippen LogP contribution in [-0.4, -0.2) is 21.8 Å². The van der Waals surface area contributed by atoms with Gasteiger partial charge in [-0.25, -0.2) is 4.98 Å². The third kappa shape index (κ3) is 6.63. The molecule has 0 radical (unpaired) electrons. The van der Waals surface area contributed by atoms with Crippen LogP contribution in [0.1, 0.15) is 55.5 Å². The van der Waals surface area contributed by atoms with Crippen molar-refractivity contribution in [2.24, 2.45) is 0 Å². The van der Waals surface area contributed by atoms with Crippen LogP contribution in [-0.2, 0) is 22.6 Å². The van der Waals surface area contributed by atoms with Gasteiger partial charge in [-0.3, -0.25) is 14.6 Å². The van der Waals surface area contributed by atoms with Crippen molar-refractivity contribution in [2.45, 2.75) is 58.4 Å². The number of hydrogen-bond donors (Lipinski definition) is 2. The predicted molar refractivity (Wildman–Crippen MR) is 131 cm³/mol. The van der Waals surface area contributed by atoms with Crippen LogP contribution in [0.25, 0.3) is 11.5 Å². The lowest BCUT2D eigenvalue weighted by Gasteiger charge is -2.12. The highest BCUT2D eigenvalue weighted by molar-refractivity contribution is 5.91. The first kappa shape index (κ1) is 23.4. The Kier molecular flexibility index (Phi) is 7.86. The number of aryl methyl sites for hydroxylation is 2. The number of nitrogens with one attached hydrogen (secondary N) is 2. The van der Waals surface area contributed by atoms with Gasteiger partial charge >= 0.3 is 0 Å². The molecule has 4 rings (SSSR count). The maximum absolute atomic E-state index is 12.4. The minimum Gasteiger partial charge on any atom is -0.441 e. The zero-order chi connectivity index (χ0) is 23.8. The maximum atomic E-state index is 12.4. The number of pyridine rings is 1. The van der Waals surface area contributed by atoms with E-state index in [1.165, 1.54) is 12.0 Å². The molecule has 1 aromatic carbocycles. The van der Waals surface area contributed by atoms with E-state index in [0.717, 1.165) is 30.4 Å². The second kappa shape index (κ2) is 11.4. The van der Waals surface area contributed by atoms with Gasteiger partial charge in [-0.1, -0.05) is 23.8 Å². The van der Waals surface area contributed by atoms with Gasteiger partial charge in [0.25, 0.3) is 0 Å². The van der Waals surface area contributed by atoms with Gasteiger partial charge < -0.3 is 15.1 Å². The van der Waals surface area contributed by atoms with Crippen molar-refractivity contribution in [2.75, 3.05) is 5.32 Å². The third-order valence-electron chi connectivity index (χ3n) is 5.88. The Bertz CT molecular complexity index is 1170. The van der Waals surface area contributed by atoms with Gasteiger partial charge in [-0.15, -0.1) is 0 Å². The summed E-state index contributed by atoms with van der Waals surface area (Å²) in [6.45, 7) is 2.16. The highest BCUT2D eigenvalue weighted by atomic mass is 16.4. The highest BCUT2D eigenvalue weighted by Crippen LogP contribution is 2.25. The van der Waals surface area contributed by atoms with Crippen LogP contribution in [0.5, 0.6) is 0 Å². The van der Waals surface area contributed by atoms with Crippen molar-refractivity contribution < 1.29 is 14.0 Å². The predicted octanol–water partition coefficient (Wildman–Crippen LogP) is 5.12. The molecule has 3 aromatic rings. The Morgan fingerprint density at radius 3 is 2.82 bits per heavy atom. The van der Waals surface area contributed by atoms with Crippen molar-refractivity contribution in [3.05, 3.63) is 77.5 Å². The molecule has 34 heavy (non-hydrogen) atoms. The van der Waals surface area contributed by atoms with E-state index in [4.69, 9.17) is 4.42 Å². The summed E-state index contributed by atoms with van der Waals surface area (Å²) >= 11 is 0. The fourth-order valence-corrected chi connectivity index (χ4v) is 3.99. The molecule has 1 aliphatic carbocycles. The number of allylic oxidation sites excluding steroid dienone is 1. The molecule has 2 aromatic heterocycles. The lowest BCUT2D eigenvalue weighted by Crippen LogP contribution is -2.23. The zero-order valence-corrected chi connectivity index (χ0v) is 19.5.